The van der Waals surface area contributed by atoms with Gasteiger partial charge in [-0.05, 0) is 18.6 Å². The summed E-state index contributed by atoms with van der Waals surface area (Å²) in [5, 5.41) is 0. The highest BCUT2D eigenvalue weighted by molar-refractivity contribution is 5.58. The Labute approximate surface area is 140 Å². The van der Waals surface area contributed by atoms with E-state index in [2.05, 4.69) is 45.2 Å². The molecule has 2 aromatic rings. The lowest BCUT2D eigenvalue weighted by Gasteiger charge is -2.23. The molecule has 0 aliphatic carbocycles. The maximum atomic E-state index is 4.25. The van der Waals surface area contributed by atoms with Crippen LogP contribution in [-0.2, 0) is 0 Å². The van der Waals surface area contributed by atoms with Gasteiger partial charge in [0.25, 0.3) is 0 Å². The number of quaternary nitrogens is 1. The van der Waals surface area contributed by atoms with Crippen molar-refractivity contribution in [2.24, 2.45) is 0 Å². The van der Waals surface area contributed by atoms with E-state index in [4.69, 9.17) is 0 Å². The third kappa shape index (κ3) is 9.38. The zero-order valence-corrected chi connectivity index (χ0v) is 15.2. The minimum absolute atomic E-state index is 0. The van der Waals surface area contributed by atoms with E-state index in [1.165, 1.54) is 19.4 Å². The Balaban J connectivity index is 0.000000397. The van der Waals surface area contributed by atoms with E-state index in [1.54, 1.807) is 0 Å². The second kappa shape index (κ2) is 10.5. The van der Waals surface area contributed by atoms with Gasteiger partial charge in [-0.2, -0.15) is 0 Å². The number of unbranched alkanes of at least 4 members (excludes halogenated alkanes) is 1. The van der Waals surface area contributed by atoms with Crippen molar-refractivity contribution < 1.29 is 21.5 Å². The minimum Gasteiger partial charge on any atom is -1.00 e. The van der Waals surface area contributed by atoms with E-state index in [0.29, 0.717) is 0 Å². The Kier molecular flexibility index (Phi) is 9.93. The number of hydrogen-bond acceptors (Lipinski definition) is 1. The molecular formula is C18H27BrN2. The van der Waals surface area contributed by atoms with Gasteiger partial charge in [0.1, 0.15) is 0 Å². The zero-order valence-electron chi connectivity index (χ0n) is 13.6. The van der Waals surface area contributed by atoms with Gasteiger partial charge in [0.2, 0.25) is 0 Å². The number of halogens is 1. The molecule has 0 amide bonds. The molecule has 1 heterocycles. The summed E-state index contributed by atoms with van der Waals surface area (Å²) < 4.78 is 1.10. The van der Waals surface area contributed by atoms with Gasteiger partial charge in [-0.15, -0.1) is 0 Å². The standard InChI is InChI=1S/C11H9N.C7H18N.BrH/c1-2-6-10(7-3-1)11-8-4-5-9-12-11;1-5-6-7-8(2,3)4;/h1-9H;5-7H2,1-4H3;1H/q;+1;/p-1. The highest BCUT2D eigenvalue weighted by atomic mass is 79.9. The summed E-state index contributed by atoms with van der Waals surface area (Å²) in [5.41, 5.74) is 2.19. The highest BCUT2D eigenvalue weighted by Gasteiger charge is 2.03. The molecule has 0 saturated carbocycles. The summed E-state index contributed by atoms with van der Waals surface area (Å²) in [6, 6.07) is 16.1. The SMILES string of the molecule is CCCC[N+](C)(C)C.[Br-].c1ccc(-c2ccccn2)cc1. The van der Waals surface area contributed by atoms with E-state index in [-0.39, 0.29) is 17.0 Å². The van der Waals surface area contributed by atoms with Crippen molar-refractivity contribution in [2.45, 2.75) is 19.8 Å². The summed E-state index contributed by atoms with van der Waals surface area (Å²) >= 11 is 0. The van der Waals surface area contributed by atoms with E-state index in [1.807, 2.05) is 42.6 Å². The molecule has 0 unspecified atom stereocenters. The normalized spacial score (nSPS) is 10.1. The van der Waals surface area contributed by atoms with Gasteiger partial charge in [-0.3, -0.25) is 4.98 Å². The average molecular weight is 351 g/mol. The van der Waals surface area contributed by atoms with Crippen LogP contribution in [0.4, 0.5) is 0 Å². The molecule has 1 aromatic heterocycles. The number of rotatable bonds is 4. The Hall–Kier alpha value is -1.19. The Morgan fingerprint density at radius 3 is 1.95 bits per heavy atom. The van der Waals surface area contributed by atoms with Gasteiger partial charge in [-0.1, -0.05) is 49.7 Å². The summed E-state index contributed by atoms with van der Waals surface area (Å²) in [5.74, 6) is 0. The number of hydrogen-bond donors (Lipinski definition) is 0. The lowest BCUT2D eigenvalue weighted by atomic mass is 10.1. The molecule has 0 spiro atoms. The molecule has 0 radical (unpaired) electrons. The number of aromatic nitrogens is 1. The van der Waals surface area contributed by atoms with Crippen LogP contribution in [0.1, 0.15) is 19.8 Å². The molecule has 2 nitrogen and oxygen atoms in total. The maximum absolute atomic E-state index is 4.25. The van der Waals surface area contributed by atoms with Gasteiger partial charge < -0.3 is 21.5 Å². The van der Waals surface area contributed by atoms with E-state index in [0.717, 1.165) is 15.7 Å². The lowest BCUT2D eigenvalue weighted by molar-refractivity contribution is -0.870. The minimum atomic E-state index is 0. The third-order valence-electron chi connectivity index (χ3n) is 2.92. The summed E-state index contributed by atoms with van der Waals surface area (Å²) in [7, 11) is 6.70. The monoisotopic (exact) mass is 350 g/mol. The van der Waals surface area contributed by atoms with Gasteiger partial charge >= 0.3 is 0 Å². The van der Waals surface area contributed by atoms with Crippen molar-refractivity contribution >= 4 is 0 Å². The third-order valence-corrected chi connectivity index (χ3v) is 2.92. The fourth-order valence-electron chi connectivity index (χ4n) is 1.77. The molecule has 3 heteroatoms. The molecule has 21 heavy (non-hydrogen) atoms. The number of benzene rings is 1. The lowest BCUT2D eigenvalue weighted by Crippen LogP contribution is -3.00. The summed E-state index contributed by atoms with van der Waals surface area (Å²) in [4.78, 5) is 4.25. The smallest absolute Gasteiger partial charge is 0.0780 e. The van der Waals surface area contributed by atoms with Crippen LogP contribution in [0.15, 0.2) is 54.7 Å². The van der Waals surface area contributed by atoms with Crippen LogP contribution in [0.25, 0.3) is 11.3 Å². The molecule has 0 aliphatic heterocycles. The van der Waals surface area contributed by atoms with Crippen molar-refractivity contribution in [2.75, 3.05) is 27.7 Å². The van der Waals surface area contributed by atoms with Gasteiger partial charge in [-0.25, -0.2) is 0 Å². The fraction of sp³-hybridized carbons (Fsp3) is 0.389. The molecule has 0 N–H and O–H groups in total. The quantitative estimate of drug-likeness (QED) is 0.756. The Morgan fingerprint density at radius 1 is 0.905 bits per heavy atom. The van der Waals surface area contributed by atoms with Crippen molar-refractivity contribution in [3.05, 3.63) is 54.7 Å². The Bertz CT molecular complexity index is 426. The highest BCUT2D eigenvalue weighted by Crippen LogP contribution is 2.14. The fourth-order valence-corrected chi connectivity index (χ4v) is 1.77. The van der Waals surface area contributed by atoms with Crippen molar-refractivity contribution in [3.8, 4) is 11.3 Å². The van der Waals surface area contributed by atoms with Gasteiger partial charge in [0.05, 0.1) is 33.4 Å². The van der Waals surface area contributed by atoms with Crippen LogP contribution in [0.3, 0.4) is 0 Å². The Morgan fingerprint density at radius 2 is 1.52 bits per heavy atom. The van der Waals surface area contributed by atoms with Crippen LogP contribution in [-0.4, -0.2) is 37.2 Å². The van der Waals surface area contributed by atoms with Crippen molar-refractivity contribution in [3.63, 3.8) is 0 Å². The first kappa shape index (κ1) is 19.8. The molecule has 0 saturated heterocycles. The maximum Gasteiger partial charge on any atom is 0.0780 e. The van der Waals surface area contributed by atoms with E-state index < -0.39 is 0 Å². The van der Waals surface area contributed by atoms with Gasteiger partial charge in [0, 0.05) is 11.8 Å². The second-order valence-electron chi connectivity index (χ2n) is 5.95. The predicted octanol–water partition coefficient (Wildman–Crippen LogP) is 1.25. The predicted molar refractivity (Wildman–Crippen MR) is 87.5 cm³/mol. The zero-order chi connectivity index (χ0) is 14.8. The van der Waals surface area contributed by atoms with Crippen molar-refractivity contribution in [1.29, 1.82) is 0 Å². The molecule has 0 atom stereocenters. The molecule has 0 fully saturated rings. The van der Waals surface area contributed by atoms with Crippen LogP contribution >= 0.6 is 0 Å². The molecule has 0 bridgehead atoms. The van der Waals surface area contributed by atoms with Gasteiger partial charge in [0.15, 0.2) is 0 Å². The number of nitrogens with zero attached hydrogens (tertiary/aromatic N) is 2. The topological polar surface area (TPSA) is 12.9 Å². The van der Waals surface area contributed by atoms with E-state index in [9.17, 15) is 0 Å². The van der Waals surface area contributed by atoms with Crippen LogP contribution < -0.4 is 17.0 Å². The average Bonchev–Trinajstić information content (AvgIpc) is 2.47. The van der Waals surface area contributed by atoms with Crippen molar-refractivity contribution in [1.82, 2.24) is 4.98 Å². The molecule has 116 valence electrons. The van der Waals surface area contributed by atoms with Crippen LogP contribution in [0.5, 0.6) is 0 Å². The molecular weight excluding hydrogens is 324 g/mol. The van der Waals surface area contributed by atoms with Crippen LogP contribution in [0, 0.1) is 0 Å². The second-order valence-corrected chi connectivity index (χ2v) is 5.95. The van der Waals surface area contributed by atoms with Crippen LogP contribution in [0.2, 0.25) is 0 Å². The first-order valence-corrected chi connectivity index (χ1v) is 7.30. The molecule has 1 aromatic carbocycles. The largest absolute Gasteiger partial charge is 1.00 e. The summed E-state index contributed by atoms with van der Waals surface area (Å²) in [6.07, 6.45) is 4.47. The first-order chi connectivity index (χ1) is 9.53. The molecule has 2 rings (SSSR count). The summed E-state index contributed by atoms with van der Waals surface area (Å²) in [6.45, 7) is 3.53. The number of pyridine rings is 1. The van der Waals surface area contributed by atoms with E-state index >= 15 is 0 Å². The first-order valence-electron chi connectivity index (χ1n) is 7.30. The molecule has 0 aliphatic rings.